The van der Waals surface area contributed by atoms with Crippen molar-refractivity contribution in [1.82, 2.24) is 0 Å². The zero-order valence-electron chi connectivity index (χ0n) is 9.72. The number of anilines is 2. The zero-order valence-corrected chi connectivity index (χ0v) is 11.3. The molecule has 0 heterocycles. The molecule has 0 aliphatic rings. The van der Waals surface area contributed by atoms with Crippen LogP contribution in [0.3, 0.4) is 0 Å². The molecule has 0 aromatic heterocycles. The normalized spacial score (nSPS) is 10.2. The Bertz CT molecular complexity index is 644. The molecule has 2 rings (SSSR count). The van der Waals surface area contributed by atoms with E-state index in [1.54, 1.807) is 18.2 Å². The molecular weight excluding hydrogens is 312 g/mol. The van der Waals surface area contributed by atoms with E-state index in [0.29, 0.717) is 11.4 Å². The van der Waals surface area contributed by atoms with Crippen molar-refractivity contribution in [3.63, 3.8) is 0 Å². The maximum absolute atomic E-state index is 11.9. The van der Waals surface area contributed by atoms with Gasteiger partial charge in [-0.15, -0.1) is 0 Å². The second kappa shape index (κ2) is 5.19. The van der Waals surface area contributed by atoms with Crippen LogP contribution in [0.5, 0.6) is 11.5 Å². The Labute approximate surface area is 117 Å². The van der Waals surface area contributed by atoms with Gasteiger partial charge in [-0.1, -0.05) is 0 Å². The molecule has 98 valence electrons. The van der Waals surface area contributed by atoms with E-state index < -0.39 is 5.91 Å². The molecule has 5 nitrogen and oxygen atoms in total. The van der Waals surface area contributed by atoms with Gasteiger partial charge in [-0.2, -0.15) is 0 Å². The van der Waals surface area contributed by atoms with Crippen LogP contribution in [0.1, 0.15) is 10.4 Å². The standard InChI is InChI=1S/C13H11BrN2O3/c14-9-3-2-8(6-10(9)15)16-13(19)7-1-4-11(17)12(18)5-7/h1-6,17-18H,15H2,(H,16,19). The minimum Gasteiger partial charge on any atom is -0.504 e. The summed E-state index contributed by atoms with van der Waals surface area (Å²) in [5, 5.41) is 21.2. The average molecular weight is 323 g/mol. The number of phenolic OH excluding ortho intramolecular Hbond substituents is 2. The third-order valence-corrected chi connectivity index (χ3v) is 3.21. The first kappa shape index (κ1) is 13.2. The topological polar surface area (TPSA) is 95.6 Å². The number of benzene rings is 2. The van der Waals surface area contributed by atoms with Crippen molar-refractivity contribution in [3.05, 3.63) is 46.4 Å². The first-order chi connectivity index (χ1) is 8.97. The highest BCUT2D eigenvalue weighted by atomic mass is 79.9. The third kappa shape index (κ3) is 2.97. The molecule has 0 bridgehead atoms. The summed E-state index contributed by atoms with van der Waals surface area (Å²) in [6.07, 6.45) is 0. The van der Waals surface area contributed by atoms with E-state index in [1.165, 1.54) is 18.2 Å². The predicted octanol–water partition coefficient (Wildman–Crippen LogP) is 2.69. The van der Waals surface area contributed by atoms with Crippen LogP contribution in [-0.2, 0) is 0 Å². The second-order valence-corrected chi connectivity index (χ2v) is 4.75. The van der Waals surface area contributed by atoms with Gasteiger partial charge in [0.05, 0.1) is 0 Å². The Morgan fingerprint density at radius 3 is 2.47 bits per heavy atom. The molecule has 0 saturated heterocycles. The SMILES string of the molecule is Nc1cc(NC(=O)c2ccc(O)c(O)c2)ccc1Br. The maximum Gasteiger partial charge on any atom is 0.255 e. The molecule has 0 unspecified atom stereocenters. The Hall–Kier alpha value is -2.21. The van der Waals surface area contributed by atoms with E-state index in [2.05, 4.69) is 21.2 Å². The quantitative estimate of drug-likeness (QED) is 0.505. The highest BCUT2D eigenvalue weighted by Crippen LogP contribution is 2.26. The van der Waals surface area contributed by atoms with Crippen LogP contribution < -0.4 is 11.1 Å². The summed E-state index contributed by atoms with van der Waals surface area (Å²) >= 11 is 3.26. The Balaban J connectivity index is 2.20. The number of nitrogen functional groups attached to an aromatic ring is 1. The lowest BCUT2D eigenvalue weighted by molar-refractivity contribution is 0.102. The van der Waals surface area contributed by atoms with Crippen molar-refractivity contribution in [2.24, 2.45) is 0 Å². The zero-order chi connectivity index (χ0) is 14.0. The number of amides is 1. The van der Waals surface area contributed by atoms with Gasteiger partial charge in [-0.25, -0.2) is 0 Å². The number of rotatable bonds is 2. The van der Waals surface area contributed by atoms with Crippen molar-refractivity contribution >= 4 is 33.2 Å². The summed E-state index contributed by atoms with van der Waals surface area (Å²) < 4.78 is 0.743. The minimum atomic E-state index is -0.406. The molecule has 6 heteroatoms. The number of carbonyl (C=O) groups is 1. The van der Waals surface area contributed by atoms with Crippen LogP contribution in [0, 0.1) is 0 Å². The van der Waals surface area contributed by atoms with Gasteiger partial charge in [-0.05, 0) is 52.3 Å². The largest absolute Gasteiger partial charge is 0.504 e. The van der Waals surface area contributed by atoms with Crippen LogP contribution in [0.4, 0.5) is 11.4 Å². The van der Waals surface area contributed by atoms with Gasteiger partial charge >= 0.3 is 0 Å². The summed E-state index contributed by atoms with van der Waals surface area (Å²) in [7, 11) is 0. The van der Waals surface area contributed by atoms with Gasteiger partial charge in [-0.3, -0.25) is 4.79 Å². The lowest BCUT2D eigenvalue weighted by atomic mass is 10.2. The summed E-state index contributed by atoms with van der Waals surface area (Å²) in [4.78, 5) is 11.9. The lowest BCUT2D eigenvalue weighted by Gasteiger charge is -2.07. The molecule has 1 amide bonds. The monoisotopic (exact) mass is 322 g/mol. The summed E-state index contributed by atoms with van der Waals surface area (Å²) in [6.45, 7) is 0. The number of carbonyl (C=O) groups excluding carboxylic acids is 1. The van der Waals surface area contributed by atoms with Gasteiger partial charge in [0.15, 0.2) is 11.5 Å². The number of nitrogens with one attached hydrogen (secondary N) is 1. The van der Waals surface area contributed by atoms with E-state index in [-0.39, 0.29) is 17.1 Å². The Morgan fingerprint density at radius 2 is 1.84 bits per heavy atom. The third-order valence-electron chi connectivity index (χ3n) is 2.49. The maximum atomic E-state index is 11.9. The molecule has 0 saturated carbocycles. The fraction of sp³-hybridized carbons (Fsp3) is 0. The highest BCUT2D eigenvalue weighted by molar-refractivity contribution is 9.10. The van der Waals surface area contributed by atoms with Gasteiger partial charge in [0, 0.05) is 21.4 Å². The molecule has 0 aliphatic heterocycles. The number of aromatic hydroxyl groups is 2. The van der Waals surface area contributed by atoms with Crippen molar-refractivity contribution in [3.8, 4) is 11.5 Å². The first-order valence-corrected chi connectivity index (χ1v) is 6.15. The molecule has 2 aromatic carbocycles. The number of nitrogens with two attached hydrogens (primary N) is 1. The van der Waals surface area contributed by atoms with E-state index in [4.69, 9.17) is 5.73 Å². The molecular formula is C13H11BrN2O3. The summed E-state index contributed by atoms with van der Waals surface area (Å²) in [6, 6.07) is 8.87. The first-order valence-electron chi connectivity index (χ1n) is 5.36. The van der Waals surface area contributed by atoms with Crippen molar-refractivity contribution in [2.45, 2.75) is 0 Å². The van der Waals surface area contributed by atoms with Gasteiger partial charge in [0.1, 0.15) is 0 Å². The van der Waals surface area contributed by atoms with Crippen LogP contribution in [0.15, 0.2) is 40.9 Å². The van der Waals surface area contributed by atoms with Crippen LogP contribution >= 0.6 is 15.9 Å². The summed E-state index contributed by atoms with van der Waals surface area (Å²) in [5.41, 5.74) is 6.99. The predicted molar refractivity (Wildman–Crippen MR) is 76.3 cm³/mol. The number of halogens is 1. The van der Waals surface area contributed by atoms with Crippen molar-refractivity contribution in [1.29, 1.82) is 0 Å². The average Bonchev–Trinajstić information content (AvgIpc) is 2.37. The molecule has 2 aromatic rings. The Morgan fingerprint density at radius 1 is 1.11 bits per heavy atom. The fourth-order valence-corrected chi connectivity index (χ4v) is 1.74. The van der Waals surface area contributed by atoms with Crippen LogP contribution in [0.25, 0.3) is 0 Å². The van der Waals surface area contributed by atoms with E-state index in [0.717, 1.165) is 4.47 Å². The van der Waals surface area contributed by atoms with Crippen molar-refractivity contribution in [2.75, 3.05) is 11.1 Å². The number of hydrogen-bond donors (Lipinski definition) is 4. The molecule has 0 spiro atoms. The van der Waals surface area contributed by atoms with E-state index in [1.807, 2.05) is 0 Å². The minimum absolute atomic E-state index is 0.233. The molecule has 0 radical (unpaired) electrons. The summed E-state index contributed by atoms with van der Waals surface area (Å²) in [5.74, 6) is -1.02. The van der Waals surface area contributed by atoms with Gasteiger partial charge < -0.3 is 21.3 Å². The fourth-order valence-electron chi connectivity index (χ4n) is 1.49. The molecule has 0 fully saturated rings. The van der Waals surface area contributed by atoms with Gasteiger partial charge in [0.25, 0.3) is 5.91 Å². The lowest BCUT2D eigenvalue weighted by Crippen LogP contribution is -2.11. The number of phenols is 2. The molecule has 5 N–H and O–H groups in total. The van der Waals surface area contributed by atoms with Gasteiger partial charge in [0.2, 0.25) is 0 Å². The smallest absolute Gasteiger partial charge is 0.255 e. The molecule has 0 atom stereocenters. The number of hydrogen-bond acceptors (Lipinski definition) is 4. The van der Waals surface area contributed by atoms with E-state index >= 15 is 0 Å². The molecule has 0 aliphatic carbocycles. The molecule has 19 heavy (non-hydrogen) atoms. The highest BCUT2D eigenvalue weighted by Gasteiger charge is 2.09. The van der Waals surface area contributed by atoms with Crippen LogP contribution in [-0.4, -0.2) is 16.1 Å². The Kier molecular flexibility index (Phi) is 3.62. The van der Waals surface area contributed by atoms with Crippen molar-refractivity contribution < 1.29 is 15.0 Å². The van der Waals surface area contributed by atoms with E-state index in [9.17, 15) is 15.0 Å². The second-order valence-electron chi connectivity index (χ2n) is 3.89. The van der Waals surface area contributed by atoms with Crippen LogP contribution in [0.2, 0.25) is 0 Å².